The Morgan fingerprint density at radius 1 is 1.33 bits per heavy atom. The van der Waals surface area contributed by atoms with Crippen molar-refractivity contribution < 1.29 is 13.9 Å². The molecule has 24 heavy (non-hydrogen) atoms. The average molecular weight is 393 g/mol. The molecule has 0 spiro atoms. The number of halogens is 2. The summed E-state index contributed by atoms with van der Waals surface area (Å²) in [6, 6.07) is 9.14. The van der Waals surface area contributed by atoms with E-state index in [0.29, 0.717) is 22.3 Å². The van der Waals surface area contributed by atoms with Crippen LogP contribution in [0.15, 0.2) is 40.9 Å². The van der Waals surface area contributed by atoms with Gasteiger partial charge in [0.15, 0.2) is 0 Å². The average Bonchev–Trinajstić information content (AvgIpc) is 2.49. The van der Waals surface area contributed by atoms with Crippen LogP contribution in [-0.2, 0) is 0 Å². The maximum atomic E-state index is 13.5. The molecule has 0 bridgehead atoms. The first-order valence-electron chi connectivity index (χ1n) is 7.59. The van der Waals surface area contributed by atoms with Crippen LogP contribution in [0.1, 0.15) is 42.2 Å². The summed E-state index contributed by atoms with van der Waals surface area (Å²) in [4.78, 5) is 12.6. The van der Waals surface area contributed by atoms with Gasteiger partial charge in [0, 0.05) is 22.1 Å². The quantitative estimate of drug-likeness (QED) is 0.752. The third kappa shape index (κ3) is 3.38. The minimum absolute atomic E-state index is 0.254. The lowest BCUT2D eigenvalue weighted by Gasteiger charge is -2.38. The van der Waals surface area contributed by atoms with Crippen molar-refractivity contribution in [2.75, 3.05) is 5.73 Å². The maximum Gasteiger partial charge on any atom is 0.253 e. The molecule has 3 N–H and O–H groups in total. The van der Waals surface area contributed by atoms with Crippen LogP contribution in [0.4, 0.5) is 10.1 Å². The predicted molar refractivity (Wildman–Crippen MR) is 94.5 cm³/mol. The first kappa shape index (κ1) is 16.8. The number of amides is 1. The monoisotopic (exact) mass is 392 g/mol. The summed E-state index contributed by atoms with van der Waals surface area (Å²) in [6.07, 6.45) is 0.585. The Morgan fingerprint density at radius 2 is 2.08 bits per heavy atom. The van der Waals surface area contributed by atoms with E-state index in [1.165, 1.54) is 18.2 Å². The molecule has 1 atom stereocenters. The van der Waals surface area contributed by atoms with E-state index in [4.69, 9.17) is 10.5 Å². The zero-order valence-electron chi connectivity index (χ0n) is 13.4. The van der Waals surface area contributed by atoms with Gasteiger partial charge >= 0.3 is 0 Å². The summed E-state index contributed by atoms with van der Waals surface area (Å²) in [5.41, 5.74) is 7.13. The van der Waals surface area contributed by atoms with Gasteiger partial charge in [-0.15, -0.1) is 0 Å². The number of fused-ring (bicyclic) bond motifs is 1. The number of anilines is 1. The Bertz CT molecular complexity index is 808. The number of nitrogen functional groups attached to an aromatic ring is 1. The van der Waals surface area contributed by atoms with Crippen LogP contribution < -0.4 is 15.8 Å². The molecule has 0 radical (unpaired) electrons. The van der Waals surface area contributed by atoms with Gasteiger partial charge in [0.05, 0.1) is 11.6 Å². The SMILES string of the molecule is CC1(C)CC(NC(=O)c2cc(F)ccc2Br)c2cc(N)ccc2O1. The molecule has 0 aliphatic carbocycles. The van der Waals surface area contributed by atoms with E-state index in [0.717, 1.165) is 5.56 Å². The van der Waals surface area contributed by atoms with E-state index in [1.807, 2.05) is 19.9 Å². The molecular formula is C18H18BrFN2O2. The van der Waals surface area contributed by atoms with Gasteiger partial charge in [-0.2, -0.15) is 0 Å². The van der Waals surface area contributed by atoms with Gasteiger partial charge in [-0.1, -0.05) is 0 Å². The Labute approximate surface area is 148 Å². The van der Waals surface area contributed by atoms with E-state index in [1.54, 1.807) is 12.1 Å². The number of carbonyl (C=O) groups is 1. The van der Waals surface area contributed by atoms with Gasteiger partial charge in [0.25, 0.3) is 5.91 Å². The number of hydrogen-bond donors (Lipinski definition) is 2. The lowest BCUT2D eigenvalue weighted by atomic mass is 9.89. The topological polar surface area (TPSA) is 64.4 Å². The highest BCUT2D eigenvalue weighted by molar-refractivity contribution is 9.10. The standard InChI is InChI=1S/C18H18BrFN2O2/c1-18(2)9-15(13-8-11(21)4-6-16(13)24-18)22-17(23)12-7-10(20)3-5-14(12)19/h3-8,15H,9,21H2,1-2H3,(H,22,23). The molecule has 2 aromatic carbocycles. The van der Waals surface area contributed by atoms with Crippen LogP contribution in [0.3, 0.4) is 0 Å². The maximum absolute atomic E-state index is 13.5. The van der Waals surface area contributed by atoms with Gasteiger partial charge in [-0.3, -0.25) is 4.79 Å². The predicted octanol–water partition coefficient (Wildman–Crippen LogP) is 4.20. The van der Waals surface area contributed by atoms with Crippen LogP contribution in [0.2, 0.25) is 0 Å². The Hall–Kier alpha value is -2.08. The summed E-state index contributed by atoms with van der Waals surface area (Å²) in [7, 11) is 0. The molecule has 6 heteroatoms. The first-order valence-corrected chi connectivity index (χ1v) is 8.39. The molecule has 3 rings (SSSR count). The van der Waals surface area contributed by atoms with Crippen molar-refractivity contribution in [3.63, 3.8) is 0 Å². The highest BCUT2D eigenvalue weighted by atomic mass is 79.9. The highest BCUT2D eigenvalue weighted by Gasteiger charge is 2.35. The van der Waals surface area contributed by atoms with Gasteiger partial charge in [-0.25, -0.2) is 4.39 Å². The van der Waals surface area contributed by atoms with Gasteiger partial charge < -0.3 is 15.8 Å². The smallest absolute Gasteiger partial charge is 0.253 e. The van der Waals surface area contributed by atoms with Crippen molar-refractivity contribution in [3.8, 4) is 5.75 Å². The van der Waals surface area contributed by atoms with Crippen LogP contribution in [0.25, 0.3) is 0 Å². The lowest BCUT2D eigenvalue weighted by Crippen LogP contribution is -2.41. The molecule has 1 aliphatic heterocycles. The second kappa shape index (κ2) is 6.09. The molecule has 1 aliphatic rings. The largest absolute Gasteiger partial charge is 0.487 e. The van der Waals surface area contributed by atoms with E-state index in [9.17, 15) is 9.18 Å². The van der Waals surface area contributed by atoms with E-state index >= 15 is 0 Å². The van der Waals surface area contributed by atoms with Crippen molar-refractivity contribution in [1.82, 2.24) is 5.32 Å². The van der Waals surface area contributed by atoms with Crippen molar-refractivity contribution in [2.45, 2.75) is 31.9 Å². The highest BCUT2D eigenvalue weighted by Crippen LogP contribution is 2.40. The number of nitrogens with one attached hydrogen (secondary N) is 1. The second-order valence-corrected chi connectivity index (χ2v) is 7.37. The summed E-state index contributed by atoms with van der Waals surface area (Å²) in [5, 5.41) is 2.97. The third-order valence-electron chi connectivity index (χ3n) is 3.97. The van der Waals surface area contributed by atoms with E-state index < -0.39 is 11.4 Å². The van der Waals surface area contributed by atoms with Crippen LogP contribution in [0.5, 0.6) is 5.75 Å². The molecule has 1 unspecified atom stereocenters. The van der Waals surface area contributed by atoms with Crippen LogP contribution >= 0.6 is 15.9 Å². The lowest BCUT2D eigenvalue weighted by molar-refractivity contribution is 0.0619. The fourth-order valence-electron chi connectivity index (χ4n) is 2.91. The minimum atomic E-state index is -0.458. The summed E-state index contributed by atoms with van der Waals surface area (Å²) in [5.74, 6) is -0.109. The minimum Gasteiger partial charge on any atom is -0.487 e. The van der Waals surface area contributed by atoms with Crippen molar-refractivity contribution in [3.05, 3.63) is 57.8 Å². The van der Waals surface area contributed by atoms with Crippen molar-refractivity contribution in [1.29, 1.82) is 0 Å². The Kier molecular flexibility index (Phi) is 4.25. The fourth-order valence-corrected chi connectivity index (χ4v) is 3.34. The summed E-state index contributed by atoms with van der Waals surface area (Å²) >= 11 is 3.29. The molecular weight excluding hydrogens is 375 g/mol. The van der Waals surface area contributed by atoms with Gasteiger partial charge in [0.1, 0.15) is 17.2 Å². The molecule has 4 nitrogen and oxygen atoms in total. The van der Waals surface area contributed by atoms with Crippen molar-refractivity contribution >= 4 is 27.5 Å². The number of benzene rings is 2. The zero-order chi connectivity index (χ0) is 17.5. The molecule has 0 saturated heterocycles. The van der Waals surface area contributed by atoms with E-state index in [2.05, 4.69) is 21.2 Å². The number of carbonyl (C=O) groups excluding carboxylic acids is 1. The van der Waals surface area contributed by atoms with Gasteiger partial charge in [0.2, 0.25) is 0 Å². The normalized spacial score (nSPS) is 18.4. The zero-order valence-corrected chi connectivity index (χ0v) is 15.0. The van der Waals surface area contributed by atoms with E-state index in [-0.39, 0.29) is 17.5 Å². The van der Waals surface area contributed by atoms with Gasteiger partial charge in [-0.05, 0) is 66.2 Å². The third-order valence-corrected chi connectivity index (χ3v) is 4.66. The van der Waals surface area contributed by atoms with Crippen LogP contribution in [-0.4, -0.2) is 11.5 Å². The summed E-state index contributed by atoms with van der Waals surface area (Å²) in [6.45, 7) is 3.92. The molecule has 2 aromatic rings. The number of rotatable bonds is 2. The number of nitrogens with two attached hydrogens (primary N) is 1. The second-order valence-electron chi connectivity index (χ2n) is 6.51. The Balaban J connectivity index is 1.93. The first-order chi connectivity index (χ1) is 11.2. The molecule has 1 amide bonds. The van der Waals surface area contributed by atoms with Crippen molar-refractivity contribution in [2.24, 2.45) is 0 Å². The molecule has 0 fully saturated rings. The Morgan fingerprint density at radius 3 is 2.83 bits per heavy atom. The molecule has 1 heterocycles. The number of hydrogen-bond acceptors (Lipinski definition) is 3. The number of ether oxygens (including phenoxy) is 1. The molecule has 126 valence electrons. The fraction of sp³-hybridized carbons (Fsp3) is 0.278. The van der Waals surface area contributed by atoms with Crippen LogP contribution in [0, 0.1) is 5.82 Å². The summed E-state index contributed by atoms with van der Waals surface area (Å²) < 4.78 is 20.0. The molecule has 0 saturated carbocycles. The molecule has 0 aromatic heterocycles.